The summed E-state index contributed by atoms with van der Waals surface area (Å²) in [7, 11) is 3.25. The molecule has 0 saturated heterocycles. The highest BCUT2D eigenvalue weighted by atomic mass is 16.6. The Bertz CT molecular complexity index is 1050. The van der Waals surface area contributed by atoms with E-state index in [0.717, 1.165) is 4.40 Å². The summed E-state index contributed by atoms with van der Waals surface area (Å²) in [6.07, 6.45) is 4.30. The molecule has 0 bridgehead atoms. The predicted molar refractivity (Wildman–Crippen MR) is 92.3 cm³/mol. The van der Waals surface area contributed by atoms with E-state index in [0.29, 0.717) is 5.69 Å². The van der Waals surface area contributed by atoms with E-state index < -0.39 is 16.2 Å². The number of anilines is 2. The number of pyridine rings is 1. The van der Waals surface area contributed by atoms with Crippen molar-refractivity contribution in [1.82, 2.24) is 24.1 Å². The minimum Gasteiger partial charge on any atom is -0.347 e. The van der Waals surface area contributed by atoms with E-state index in [4.69, 9.17) is 0 Å². The fraction of sp³-hybridized carbons (Fsp3) is 0.200. The van der Waals surface area contributed by atoms with Crippen LogP contribution in [0.4, 0.5) is 17.2 Å². The molecular weight excluding hydrogens is 342 g/mol. The van der Waals surface area contributed by atoms with Crippen molar-refractivity contribution in [3.63, 3.8) is 0 Å². The molecule has 0 radical (unpaired) electrons. The van der Waals surface area contributed by atoms with Crippen LogP contribution in [0.2, 0.25) is 0 Å². The second kappa shape index (κ2) is 6.63. The number of hydrogen-bond donors (Lipinski definition) is 1. The van der Waals surface area contributed by atoms with Gasteiger partial charge in [0, 0.05) is 26.5 Å². The number of rotatable bonds is 5. The molecule has 0 atom stereocenters. The summed E-state index contributed by atoms with van der Waals surface area (Å²) >= 11 is 0. The molecule has 3 aromatic heterocycles. The summed E-state index contributed by atoms with van der Waals surface area (Å²) in [5.74, 6) is -0.350. The Morgan fingerprint density at radius 2 is 2.15 bits per heavy atom. The van der Waals surface area contributed by atoms with Crippen molar-refractivity contribution in [2.24, 2.45) is 0 Å². The number of nitrogens with zero attached hydrogens (tertiary/aromatic N) is 6. The number of carbonyl (C=O) groups is 1. The average molecular weight is 357 g/mol. The van der Waals surface area contributed by atoms with Crippen molar-refractivity contribution < 1.29 is 9.72 Å². The third kappa shape index (κ3) is 3.22. The SMILES string of the molecule is CN(C)C(=O)Cn1cc(Nc2nc3ccccn3c(=O)c2[N+](=O)[O-])cn1. The van der Waals surface area contributed by atoms with Gasteiger partial charge in [-0.15, -0.1) is 0 Å². The smallest absolute Gasteiger partial charge is 0.347 e. The van der Waals surface area contributed by atoms with Crippen LogP contribution in [-0.4, -0.2) is 49.0 Å². The van der Waals surface area contributed by atoms with Crippen LogP contribution in [0.25, 0.3) is 5.65 Å². The van der Waals surface area contributed by atoms with E-state index in [1.165, 1.54) is 28.2 Å². The van der Waals surface area contributed by atoms with Gasteiger partial charge in [0.25, 0.3) is 0 Å². The zero-order chi connectivity index (χ0) is 18.8. The minimum absolute atomic E-state index is 0.0184. The molecule has 0 spiro atoms. The van der Waals surface area contributed by atoms with Gasteiger partial charge in [-0.1, -0.05) is 6.07 Å². The van der Waals surface area contributed by atoms with Crippen LogP contribution >= 0.6 is 0 Å². The molecule has 1 amide bonds. The third-order valence-electron chi connectivity index (χ3n) is 3.59. The van der Waals surface area contributed by atoms with Gasteiger partial charge in [0.05, 0.1) is 16.8 Å². The second-order valence-electron chi connectivity index (χ2n) is 5.64. The molecule has 11 nitrogen and oxygen atoms in total. The summed E-state index contributed by atoms with van der Waals surface area (Å²) in [4.78, 5) is 40.2. The van der Waals surface area contributed by atoms with Gasteiger partial charge in [0.15, 0.2) is 0 Å². The molecule has 3 rings (SSSR count). The van der Waals surface area contributed by atoms with Crippen LogP contribution in [0.1, 0.15) is 0 Å². The molecule has 26 heavy (non-hydrogen) atoms. The molecule has 134 valence electrons. The Morgan fingerprint density at radius 1 is 1.38 bits per heavy atom. The first-order valence-electron chi connectivity index (χ1n) is 7.52. The lowest BCUT2D eigenvalue weighted by Crippen LogP contribution is -2.26. The molecule has 3 aromatic rings. The van der Waals surface area contributed by atoms with Crippen LogP contribution in [0, 0.1) is 10.1 Å². The van der Waals surface area contributed by atoms with Gasteiger partial charge < -0.3 is 10.2 Å². The van der Waals surface area contributed by atoms with Gasteiger partial charge in [0.1, 0.15) is 12.2 Å². The molecule has 0 unspecified atom stereocenters. The van der Waals surface area contributed by atoms with Crippen molar-refractivity contribution in [2.45, 2.75) is 6.54 Å². The van der Waals surface area contributed by atoms with Crippen LogP contribution in [-0.2, 0) is 11.3 Å². The second-order valence-corrected chi connectivity index (χ2v) is 5.64. The highest BCUT2D eigenvalue weighted by molar-refractivity contribution is 5.75. The van der Waals surface area contributed by atoms with Gasteiger partial charge in [0.2, 0.25) is 11.7 Å². The largest absolute Gasteiger partial charge is 0.376 e. The number of hydrogen-bond acceptors (Lipinski definition) is 7. The third-order valence-corrected chi connectivity index (χ3v) is 3.59. The number of likely N-dealkylation sites (N-methyl/N-ethyl adjacent to an activating group) is 1. The lowest BCUT2D eigenvalue weighted by molar-refractivity contribution is -0.385. The van der Waals surface area contributed by atoms with Gasteiger partial charge in [-0.3, -0.25) is 28.8 Å². The summed E-state index contributed by atoms with van der Waals surface area (Å²) in [6.45, 7) is 0.0184. The Hall–Kier alpha value is -3.76. The van der Waals surface area contributed by atoms with Crippen LogP contribution in [0.3, 0.4) is 0 Å². The molecular formula is C15H15N7O4. The molecule has 0 fully saturated rings. The van der Waals surface area contributed by atoms with E-state index >= 15 is 0 Å². The van der Waals surface area contributed by atoms with Crippen LogP contribution in [0.15, 0.2) is 41.6 Å². The van der Waals surface area contributed by atoms with Crippen molar-refractivity contribution in [2.75, 3.05) is 19.4 Å². The van der Waals surface area contributed by atoms with E-state index in [-0.39, 0.29) is 23.9 Å². The number of carbonyl (C=O) groups excluding carboxylic acids is 1. The Kier molecular flexibility index (Phi) is 4.35. The highest BCUT2D eigenvalue weighted by Gasteiger charge is 2.24. The van der Waals surface area contributed by atoms with Gasteiger partial charge in [-0.25, -0.2) is 4.98 Å². The maximum atomic E-state index is 12.4. The Balaban J connectivity index is 1.97. The molecule has 11 heteroatoms. The Morgan fingerprint density at radius 3 is 2.85 bits per heavy atom. The van der Waals surface area contributed by atoms with Crippen LogP contribution in [0.5, 0.6) is 0 Å². The number of aromatic nitrogens is 4. The number of amides is 1. The van der Waals surface area contributed by atoms with Crippen molar-refractivity contribution in [3.05, 3.63) is 57.3 Å². The summed E-state index contributed by atoms with van der Waals surface area (Å²) in [6, 6.07) is 4.82. The zero-order valence-electron chi connectivity index (χ0n) is 14.0. The van der Waals surface area contributed by atoms with E-state index in [9.17, 15) is 19.7 Å². The normalized spacial score (nSPS) is 10.7. The molecule has 0 aliphatic rings. The lowest BCUT2D eigenvalue weighted by Gasteiger charge is -2.09. The van der Waals surface area contributed by atoms with Crippen molar-refractivity contribution >= 4 is 28.7 Å². The molecule has 0 aliphatic heterocycles. The van der Waals surface area contributed by atoms with Crippen LogP contribution < -0.4 is 10.9 Å². The Labute approximate surface area is 146 Å². The average Bonchev–Trinajstić information content (AvgIpc) is 3.01. The first kappa shape index (κ1) is 17.1. The number of nitrogens with one attached hydrogen (secondary N) is 1. The van der Waals surface area contributed by atoms with E-state index in [1.54, 1.807) is 32.3 Å². The molecule has 0 saturated carbocycles. The molecule has 1 N–H and O–H groups in total. The maximum Gasteiger partial charge on any atom is 0.376 e. The fourth-order valence-corrected chi connectivity index (χ4v) is 2.26. The number of nitro groups is 1. The van der Waals surface area contributed by atoms with Crippen molar-refractivity contribution in [1.29, 1.82) is 0 Å². The molecule has 0 aromatic carbocycles. The standard InChI is InChI=1S/C15H15N7O4/c1-19(2)12(23)9-20-8-10(7-16-20)17-14-13(22(25)26)15(24)21-6-4-3-5-11(21)18-14/h3-8,17H,9H2,1-2H3. The molecule has 3 heterocycles. The monoisotopic (exact) mass is 357 g/mol. The highest BCUT2D eigenvalue weighted by Crippen LogP contribution is 2.22. The van der Waals surface area contributed by atoms with Crippen molar-refractivity contribution in [3.8, 4) is 0 Å². The summed E-state index contributed by atoms with van der Waals surface area (Å²) in [5, 5.41) is 18.1. The maximum absolute atomic E-state index is 12.4. The quantitative estimate of drug-likeness (QED) is 0.524. The minimum atomic E-state index is -0.793. The van der Waals surface area contributed by atoms with Gasteiger partial charge in [-0.05, 0) is 12.1 Å². The summed E-state index contributed by atoms with van der Waals surface area (Å²) < 4.78 is 2.48. The van der Waals surface area contributed by atoms with Gasteiger partial charge in [-0.2, -0.15) is 5.10 Å². The topological polar surface area (TPSA) is 128 Å². The van der Waals surface area contributed by atoms with E-state index in [1.807, 2.05) is 0 Å². The first-order valence-corrected chi connectivity index (χ1v) is 7.52. The van der Waals surface area contributed by atoms with E-state index in [2.05, 4.69) is 15.4 Å². The lowest BCUT2D eigenvalue weighted by atomic mass is 10.4. The first-order chi connectivity index (χ1) is 12.4. The fourth-order valence-electron chi connectivity index (χ4n) is 2.26. The number of fused-ring (bicyclic) bond motifs is 1. The van der Waals surface area contributed by atoms with Gasteiger partial charge >= 0.3 is 11.2 Å². The molecule has 0 aliphatic carbocycles. The predicted octanol–water partition coefficient (Wildman–Crippen LogP) is 0.631. The zero-order valence-corrected chi connectivity index (χ0v) is 14.0. The summed E-state index contributed by atoms with van der Waals surface area (Å²) in [5.41, 5.74) is -0.836.